The van der Waals surface area contributed by atoms with Gasteiger partial charge in [0.25, 0.3) is 0 Å². The van der Waals surface area contributed by atoms with Gasteiger partial charge in [-0.3, -0.25) is 4.79 Å². The molecule has 0 radical (unpaired) electrons. The van der Waals surface area contributed by atoms with Crippen LogP contribution in [0.15, 0.2) is 24.3 Å². The van der Waals surface area contributed by atoms with Gasteiger partial charge in [-0.25, -0.2) is 4.79 Å². The Kier molecular flexibility index (Phi) is 3.59. The number of hydrogen-bond acceptors (Lipinski definition) is 3. The number of methoxy groups -OCH3 is 1. The van der Waals surface area contributed by atoms with Crippen molar-refractivity contribution in [2.75, 3.05) is 7.11 Å². The van der Waals surface area contributed by atoms with E-state index in [1.165, 1.54) is 18.2 Å². The van der Waals surface area contributed by atoms with E-state index < -0.39 is 22.7 Å². The van der Waals surface area contributed by atoms with Gasteiger partial charge in [-0.1, -0.05) is 18.2 Å². The van der Waals surface area contributed by atoms with Crippen molar-refractivity contribution in [2.45, 2.75) is 5.38 Å². The molecule has 0 N–H and O–H groups in total. The topological polar surface area (TPSA) is 43.4 Å². The molecule has 0 aliphatic carbocycles. The molecular formula is C10H7ClF2O3. The molecule has 16 heavy (non-hydrogen) atoms. The number of benzene rings is 1. The SMILES string of the molecule is COC(=O)c1ccccc1C(=O)C(F)(F)Cl. The van der Waals surface area contributed by atoms with Crippen LogP contribution in [0.5, 0.6) is 0 Å². The van der Waals surface area contributed by atoms with Gasteiger partial charge in [0.05, 0.1) is 12.7 Å². The van der Waals surface area contributed by atoms with E-state index in [1.807, 2.05) is 0 Å². The first kappa shape index (κ1) is 12.6. The smallest absolute Gasteiger partial charge is 0.384 e. The number of hydrogen-bond donors (Lipinski definition) is 0. The van der Waals surface area contributed by atoms with Gasteiger partial charge in [-0.2, -0.15) is 8.78 Å². The maximum atomic E-state index is 12.6. The fourth-order valence-corrected chi connectivity index (χ4v) is 1.22. The second-order valence-corrected chi connectivity index (χ2v) is 3.34. The zero-order chi connectivity index (χ0) is 12.3. The summed E-state index contributed by atoms with van der Waals surface area (Å²) in [7, 11) is 1.09. The number of carbonyl (C=O) groups excluding carboxylic acids is 2. The minimum Gasteiger partial charge on any atom is -0.465 e. The number of Topliss-reactive ketones (excluding diaryl/α,β-unsaturated/α-hetero) is 1. The van der Waals surface area contributed by atoms with Gasteiger partial charge in [0, 0.05) is 5.56 Å². The summed E-state index contributed by atoms with van der Waals surface area (Å²) in [5.41, 5.74) is -0.704. The maximum absolute atomic E-state index is 12.6. The quantitative estimate of drug-likeness (QED) is 0.469. The Morgan fingerprint density at radius 1 is 1.25 bits per heavy atom. The Hall–Kier alpha value is -1.49. The minimum absolute atomic E-state index is 0.240. The molecule has 0 unspecified atom stereocenters. The second-order valence-electron chi connectivity index (χ2n) is 2.86. The lowest BCUT2D eigenvalue weighted by Gasteiger charge is -2.09. The Morgan fingerprint density at radius 3 is 2.19 bits per heavy atom. The van der Waals surface area contributed by atoms with Gasteiger partial charge >= 0.3 is 11.4 Å². The molecule has 0 aromatic heterocycles. The van der Waals surface area contributed by atoms with E-state index >= 15 is 0 Å². The molecule has 6 heteroatoms. The van der Waals surface area contributed by atoms with Crippen LogP contribution in [0.25, 0.3) is 0 Å². The molecule has 0 atom stereocenters. The van der Waals surface area contributed by atoms with Crippen molar-refractivity contribution in [2.24, 2.45) is 0 Å². The zero-order valence-corrected chi connectivity index (χ0v) is 8.92. The molecule has 0 aliphatic rings. The van der Waals surface area contributed by atoms with Crippen LogP contribution in [-0.4, -0.2) is 24.2 Å². The van der Waals surface area contributed by atoms with Crippen molar-refractivity contribution in [3.63, 3.8) is 0 Å². The van der Waals surface area contributed by atoms with Crippen LogP contribution in [-0.2, 0) is 4.74 Å². The molecule has 0 spiro atoms. The number of ketones is 1. The first-order valence-corrected chi connectivity index (χ1v) is 4.54. The lowest BCUT2D eigenvalue weighted by molar-refractivity contribution is 0.0519. The molecule has 0 aliphatic heterocycles. The van der Waals surface area contributed by atoms with E-state index in [-0.39, 0.29) is 5.56 Å². The highest BCUT2D eigenvalue weighted by molar-refractivity contribution is 6.36. The van der Waals surface area contributed by atoms with E-state index in [0.717, 1.165) is 13.2 Å². The summed E-state index contributed by atoms with van der Waals surface area (Å²) in [5, 5.41) is -4.04. The molecule has 3 nitrogen and oxygen atoms in total. The van der Waals surface area contributed by atoms with Crippen LogP contribution < -0.4 is 0 Å². The summed E-state index contributed by atoms with van der Waals surface area (Å²) in [6.45, 7) is 0. The highest BCUT2D eigenvalue weighted by Gasteiger charge is 2.38. The number of ether oxygens (including phenoxy) is 1. The van der Waals surface area contributed by atoms with Crippen molar-refractivity contribution in [1.29, 1.82) is 0 Å². The number of halogens is 3. The van der Waals surface area contributed by atoms with Crippen LogP contribution in [0, 0.1) is 0 Å². The van der Waals surface area contributed by atoms with E-state index in [0.29, 0.717) is 0 Å². The third-order valence-corrected chi connectivity index (χ3v) is 2.01. The van der Waals surface area contributed by atoms with Crippen LogP contribution in [0.2, 0.25) is 0 Å². The predicted molar refractivity (Wildman–Crippen MR) is 52.9 cm³/mol. The van der Waals surface area contributed by atoms with E-state index in [4.69, 9.17) is 0 Å². The van der Waals surface area contributed by atoms with Gasteiger partial charge < -0.3 is 4.74 Å². The molecule has 1 aromatic carbocycles. The second kappa shape index (κ2) is 4.57. The Balaban J connectivity index is 3.24. The normalized spacial score (nSPS) is 11.0. The molecule has 0 fully saturated rings. The first-order chi connectivity index (χ1) is 7.38. The molecule has 0 saturated heterocycles. The molecule has 0 saturated carbocycles. The summed E-state index contributed by atoms with van der Waals surface area (Å²) >= 11 is 4.60. The average Bonchev–Trinajstić information content (AvgIpc) is 2.25. The van der Waals surface area contributed by atoms with Gasteiger partial charge in [0.1, 0.15) is 0 Å². The van der Waals surface area contributed by atoms with Crippen molar-refractivity contribution < 1.29 is 23.1 Å². The standard InChI is InChI=1S/C10H7ClF2O3/c1-16-9(15)7-5-3-2-4-6(7)8(14)10(11,12)13/h2-5H,1H3. The third-order valence-electron chi connectivity index (χ3n) is 1.83. The van der Waals surface area contributed by atoms with E-state index in [1.54, 1.807) is 0 Å². The highest BCUT2D eigenvalue weighted by Crippen LogP contribution is 2.26. The number of rotatable bonds is 3. The molecular weight excluding hydrogens is 242 g/mol. The summed E-state index contributed by atoms with van der Waals surface area (Å²) in [5.74, 6) is -2.50. The Bertz CT molecular complexity index is 426. The molecule has 0 bridgehead atoms. The van der Waals surface area contributed by atoms with Crippen molar-refractivity contribution in [3.05, 3.63) is 35.4 Å². The number of esters is 1. The Morgan fingerprint density at radius 2 is 1.75 bits per heavy atom. The fraction of sp³-hybridized carbons (Fsp3) is 0.200. The molecule has 86 valence electrons. The largest absolute Gasteiger partial charge is 0.465 e. The van der Waals surface area contributed by atoms with Crippen molar-refractivity contribution >= 4 is 23.4 Å². The molecule has 0 heterocycles. The van der Waals surface area contributed by atoms with E-state index in [9.17, 15) is 18.4 Å². The molecule has 1 aromatic rings. The molecule has 0 amide bonds. The minimum atomic E-state index is -4.04. The number of carbonyl (C=O) groups is 2. The lowest BCUT2D eigenvalue weighted by atomic mass is 10.0. The van der Waals surface area contributed by atoms with Gasteiger partial charge in [0.15, 0.2) is 0 Å². The zero-order valence-electron chi connectivity index (χ0n) is 8.17. The average molecular weight is 249 g/mol. The van der Waals surface area contributed by atoms with Crippen LogP contribution in [0.4, 0.5) is 8.78 Å². The third kappa shape index (κ3) is 2.55. The van der Waals surface area contributed by atoms with Crippen LogP contribution >= 0.6 is 11.6 Å². The fourth-order valence-electron chi connectivity index (χ4n) is 1.12. The van der Waals surface area contributed by atoms with Crippen molar-refractivity contribution in [3.8, 4) is 0 Å². The van der Waals surface area contributed by atoms with E-state index in [2.05, 4.69) is 16.3 Å². The summed E-state index contributed by atoms with van der Waals surface area (Å²) in [4.78, 5) is 22.4. The van der Waals surface area contributed by atoms with Crippen LogP contribution in [0.1, 0.15) is 20.7 Å². The van der Waals surface area contributed by atoms with Gasteiger partial charge in [-0.05, 0) is 17.7 Å². The summed E-state index contributed by atoms with van der Waals surface area (Å²) in [6.07, 6.45) is 0. The predicted octanol–water partition coefficient (Wildman–Crippen LogP) is 2.49. The van der Waals surface area contributed by atoms with Crippen molar-refractivity contribution in [1.82, 2.24) is 0 Å². The first-order valence-electron chi connectivity index (χ1n) is 4.16. The maximum Gasteiger partial charge on any atom is 0.384 e. The van der Waals surface area contributed by atoms with Gasteiger partial charge in [0.2, 0.25) is 5.78 Å². The van der Waals surface area contributed by atoms with Gasteiger partial charge in [-0.15, -0.1) is 0 Å². The summed E-state index contributed by atoms with van der Waals surface area (Å²) < 4.78 is 29.6. The monoisotopic (exact) mass is 248 g/mol. The molecule has 1 rings (SSSR count). The lowest BCUT2D eigenvalue weighted by Crippen LogP contribution is -2.24. The Labute approximate surface area is 95.0 Å². The highest BCUT2D eigenvalue weighted by atomic mass is 35.5. The van der Waals surface area contributed by atoms with Crippen LogP contribution in [0.3, 0.4) is 0 Å². The summed E-state index contributed by atoms with van der Waals surface area (Å²) in [6, 6.07) is 5.07. The number of alkyl halides is 3.